The Hall–Kier alpha value is -0.930. The highest BCUT2D eigenvalue weighted by atomic mass is 19.1. The van der Waals surface area contributed by atoms with Gasteiger partial charge in [-0.05, 0) is 31.0 Å². The van der Waals surface area contributed by atoms with Crippen LogP contribution in [0, 0.1) is 5.82 Å². The molecule has 0 aliphatic carbocycles. The van der Waals surface area contributed by atoms with Crippen LogP contribution in [0.3, 0.4) is 0 Å². The summed E-state index contributed by atoms with van der Waals surface area (Å²) in [5, 5.41) is 13.1. The van der Waals surface area contributed by atoms with E-state index >= 15 is 0 Å². The lowest BCUT2D eigenvalue weighted by atomic mass is 10.1. The summed E-state index contributed by atoms with van der Waals surface area (Å²) in [6, 6.07) is 6.38. The van der Waals surface area contributed by atoms with Crippen LogP contribution in [0.25, 0.3) is 0 Å². The van der Waals surface area contributed by atoms with E-state index in [1.165, 1.54) is 12.1 Å². The molecule has 0 saturated carbocycles. The largest absolute Gasteiger partial charge is 0.387 e. The van der Waals surface area contributed by atoms with E-state index in [1.807, 2.05) is 0 Å². The van der Waals surface area contributed by atoms with Crippen molar-refractivity contribution in [1.29, 1.82) is 0 Å². The zero-order chi connectivity index (χ0) is 12.0. The fraction of sp³-hybridized carbons (Fsp3) is 0.538. The van der Waals surface area contributed by atoms with Gasteiger partial charge in [0.2, 0.25) is 0 Å². The van der Waals surface area contributed by atoms with Gasteiger partial charge in [-0.2, -0.15) is 0 Å². The minimum Gasteiger partial charge on any atom is -0.387 e. The Labute approximate surface area is 96.5 Å². The summed E-state index contributed by atoms with van der Waals surface area (Å²) in [5.74, 6) is -0.275. The first-order valence-electron chi connectivity index (χ1n) is 5.80. The monoisotopic (exact) mass is 225 g/mol. The second kappa shape index (κ2) is 6.61. The first-order chi connectivity index (χ1) is 7.63. The van der Waals surface area contributed by atoms with Crippen molar-refractivity contribution < 1.29 is 9.50 Å². The van der Waals surface area contributed by atoms with E-state index in [2.05, 4.69) is 19.2 Å². The molecule has 0 fully saturated rings. The van der Waals surface area contributed by atoms with Crippen LogP contribution in [0.2, 0.25) is 0 Å². The van der Waals surface area contributed by atoms with E-state index in [0.717, 1.165) is 18.4 Å². The average molecular weight is 225 g/mol. The summed E-state index contributed by atoms with van der Waals surface area (Å²) >= 11 is 0. The molecule has 0 heterocycles. The van der Waals surface area contributed by atoms with Gasteiger partial charge >= 0.3 is 0 Å². The molecular weight excluding hydrogens is 205 g/mol. The topological polar surface area (TPSA) is 32.3 Å². The maximum Gasteiger partial charge on any atom is 0.123 e. The van der Waals surface area contributed by atoms with E-state index in [9.17, 15) is 9.50 Å². The average Bonchev–Trinajstić information content (AvgIpc) is 2.27. The Kier molecular flexibility index (Phi) is 5.43. The van der Waals surface area contributed by atoms with Crippen LogP contribution < -0.4 is 5.32 Å². The highest BCUT2D eigenvalue weighted by Gasteiger charge is 2.08. The lowest BCUT2D eigenvalue weighted by Crippen LogP contribution is -2.30. The number of aliphatic hydroxyl groups excluding tert-OH is 1. The van der Waals surface area contributed by atoms with Crippen LogP contribution in [0.4, 0.5) is 4.39 Å². The molecule has 0 radical (unpaired) electrons. The minimum atomic E-state index is -0.570. The maximum absolute atomic E-state index is 12.7. The number of benzene rings is 1. The number of rotatable bonds is 6. The smallest absolute Gasteiger partial charge is 0.123 e. The number of hydrogen-bond donors (Lipinski definition) is 2. The molecule has 1 rings (SSSR count). The van der Waals surface area contributed by atoms with Gasteiger partial charge in [-0.1, -0.05) is 25.5 Å². The SMILES string of the molecule is CCC[C@H](C)NC[C@H](O)c1ccc(F)cc1. The van der Waals surface area contributed by atoms with Crippen LogP contribution in [0.5, 0.6) is 0 Å². The van der Waals surface area contributed by atoms with Crippen LogP contribution in [0.1, 0.15) is 38.4 Å². The molecule has 0 bridgehead atoms. The van der Waals surface area contributed by atoms with E-state index in [-0.39, 0.29) is 5.82 Å². The third kappa shape index (κ3) is 4.29. The predicted molar refractivity (Wildman–Crippen MR) is 63.7 cm³/mol. The number of hydrogen-bond acceptors (Lipinski definition) is 2. The number of aliphatic hydroxyl groups is 1. The lowest BCUT2D eigenvalue weighted by molar-refractivity contribution is 0.170. The van der Waals surface area contributed by atoms with Crippen LogP contribution in [-0.4, -0.2) is 17.7 Å². The molecular formula is C13H20FNO. The molecule has 2 atom stereocenters. The van der Waals surface area contributed by atoms with Gasteiger partial charge in [0.05, 0.1) is 6.10 Å². The summed E-state index contributed by atoms with van der Waals surface area (Å²) in [6.45, 7) is 4.74. The first kappa shape index (κ1) is 13.1. The van der Waals surface area contributed by atoms with Crippen molar-refractivity contribution in [2.24, 2.45) is 0 Å². The molecule has 1 aromatic rings. The molecule has 1 aromatic carbocycles. The van der Waals surface area contributed by atoms with Crippen molar-refractivity contribution in [2.75, 3.05) is 6.54 Å². The fourth-order valence-corrected chi connectivity index (χ4v) is 1.65. The molecule has 2 N–H and O–H groups in total. The summed E-state index contributed by atoms with van der Waals surface area (Å²) in [5.41, 5.74) is 0.748. The molecule has 0 aliphatic heterocycles. The van der Waals surface area contributed by atoms with Crippen LogP contribution in [-0.2, 0) is 0 Å². The molecule has 3 heteroatoms. The Morgan fingerprint density at radius 2 is 1.94 bits per heavy atom. The van der Waals surface area contributed by atoms with Crippen LogP contribution >= 0.6 is 0 Å². The summed E-state index contributed by atoms with van der Waals surface area (Å²) in [7, 11) is 0. The van der Waals surface area contributed by atoms with Crippen LogP contribution in [0.15, 0.2) is 24.3 Å². The van der Waals surface area contributed by atoms with Gasteiger partial charge in [-0.15, -0.1) is 0 Å². The molecule has 90 valence electrons. The summed E-state index contributed by atoms with van der Waals surface area (Å²) in [6.07, 6.45) is 1.65. The zero-order valence-electron chi connectivity index (χ0n) is 9.91. The molecule has 0 unspecified atom stereocenters. The Morgan fingerprint density at radius 3 is 2.50 bits per heavy atom. The molecule has 0 spiro atoms. The second-order valence-electron chi connectivity index (χ2n) is 4.17. The summed E-state index contributed by atoms with van der Waals surface area (Å²) < 4.78 is 12.7. The molecule has 0 aliphatic rings. The van der Waals surface area contributed by atoms with Crippen molar-refractivity contribution in [3.63, 3.8) is 0 Å². The van der Waals surface area contributed by atoms with Gasteiger partial charge in [0.25, 0.3) is 0 Å². The van der Waals surface area contributed by atoms with Gasteiger partial charge in [-0.25, -0.2) is 4.39 Å². The summed E-state index contributed by atoms with van der Waals surface area (Å²) in [4.78, 5) is 0. The molecule has 16 heavy (non-hydrogen) atoms. The highest BCUT2D eigenvalue weighted by molar-refractivity contribution is 5.18. The Balaban J connectivity index is 2.40. The van der Waals surface area contributed by atoms with Crippen molar-refractivity contribution in [3.8, 4) is 0 Å². The second-order valence-corrected chi connectivity index (χ2v) is 4.17. The van der Waals surface area contributed by atoms with Gasteiger partial charge in [-0.3, -0.25) is 0 Å². The van der Waals surface area contributed by atoms with Gasteiger partial charge in [0.1, 0.15) is 5.82 Å². The minimum absolute atomic E-state index is 0.275. The molecule has 0 aromatic heterocycles. The lowest BCUT2D eigenvalue weighted by Gasteiger charge is -2.16. The van der Waals surface area contributed by atoms with E-state index in [4.69, 9.17) is 0 Å². The van der Waals surface area contributed by atoms with Crippen molar-refractivity contribution in [3.05, 3.63) is 35.6 Å². The molecule has 0 amide bonds. The van der Waals surface area contributed by atoms with Crippen molar-refractivity contribution >= 4 is 0 Å². The van der Waals surface area contributed by atoms with E-state index in [0.29, 0.717) is 12.6 Å². The number of halogens is 1. The fourth-order valence-electron chi connectivity index (χ4n) is 1.65. The predicted octanol–water partition coefficient (Wildman–Crippen LogP) is 2.64. The van der Waals surface area contributed by atoms with E-state index in [1.54, 1.807) is 12.1 Å². The zero-order valence-corrected chi connectivity index (χ0v) is 9.91. The number of nitrogens with one attached hydrogen (secondary N) is 1. The maximum atomic E-state index is 12.7. The van der Waals surface area contributed by atoms with E-state index < -0.39 is 6.10 Å². The quantitative estimate of drug-likeness (QED) is 0.780. The highest BCUT2D eigenvalue weighted by Crippen LogP contribution is 2.12. The van der Waals surface area contributed by atoms with Gasteiger partial charge in [0, 0.05) is 12.6 Å². The van der Waals surface area contributed by atoms with Crippen molar-refractivity contribution in [1.82, 2.24) is 5.32 Å². The van der Waals surface area contributed by atoms with Crippen molar-refractivity contribution in [2.45, 2.75) is 38.8 Å². The third-order valence-electron chi connectivity index (χ3n) is 2.64. The standard InChI is InChI=1S/C13H20FNO/c1-3-4-10(2)15-9-13(16)11-5-7-12(14)8-6-11/h5-8,10,13,15-16H,3-4,9H2,1-2H3/t10-,13-/m0/s1. The Morgan fingerprint density at radius 1 is 1.31 bits per heavy atom. The van der Waals surface area contributed by atoms with Gasteiger partial charge in [0.15, 0.2) is 0 Å². The third-order valence-corrected chi connectivity index (χ3v) is 2.64. The molecule has 0 saturated heterocycles. The first-order valence-corrected chi connectivity index (χ1v) is 5.80. The van der Waals surface area contributed by atoms with Gasteiger partial charge < -0.3 is 10.4 Å². The normalized spacial score (nSPS) is 14.8. The molecule has 2 nitrogen and oxygen atoms in total. The Bertz CT molecular complexity index is 299.